The van der Waals surface area contributed by atoms with E-state index in [-0.39, 0.29) is 0 Å². The molecule has 21 heavy (non-hydrogen) atoms. The summed E-state index contributed by atoms with van der Waals surface area (Å²) in [6.07, 6.45) is 0. The van der Waals surface area contributed by atoms with Crippen LogP contribution in [-0.4, -0.2) is 0 Å². The molecule has 0 atom stereocenters. The first-order valence-corrected chi connectivity index (χ1v) is 7.92. The molecule has 1 heteroatoms. The van der Waals surface area contributed by atoms with E-state index in [1.807, 2.05) is 0 Å². The molecule has 0 aliphatic rings. The summed E-state index contributed by atoms with van der Waals surface area (Å²) in [7, 11) is 0. The van der Waals surface area contributed by atoms with Gasteiger partial charge in [-0.1, -0.05) is 60.7 Å². The first-order chi connectivity index (χ1) is 10.4. The van der Waals surface area contributed by atoms with Gasteiger partial charge in [0.15, 0.2) is 0 Å². The van der Waals surface area contributed by atoms with Gasteiger partial charge in [0.05, 0.1) is 0 Å². The van der Waals surface area contributed by atoms with Crippen LogP contribution < -0.4 is 0 Å². The van der Waals surface area contributed by atoms with Crippen LogP contribution in [0.3, 0.4) is 0 Å². The van der Waals surface area contributed by atoms with E-state index in [0.29, 0.717) is 0 Å². The predicted octanol–water partition coefficient (Wildman–Crippen LogP) is 6.24. The smallest absolute Gasteiger partial charge is 0.0343 e. The van der Waals surface area contributed by atoms with Gasteiger partial charge in [0.25, 0.3) is 0 Å². The van der Waals surface area contributed by atoms with Gasteiger partial charge in [-0.25, -0.2) is 0 Å². The van der Waals surface area contributed by atoms with Gasteiger partial charge in [0.1, 0.15) is 0 Å². The van der Waals surface area contributed by atoms with Crippen molar-refractivity contribution < 1.29 is 0 Å². The second-order valence-corrected chi connectivity index (χ2v) is 6.04. The van der Waals surface area contributed by atoms with Crippen molar-refractivity contribution in [1.82, 2.24) is 0 Å². The zero-order chi connectivity index (χ0) is 14.1. The Morgan fingerprint density at radius 3 is 2.24 bits per heavy atom. The zero-order valence-corrected chi connectivity index (χ0v) is 12.3. The number of hydrogen-bond acceptors (Lipinski definition) is 1. The van der Waals surface area contributed by atoms with Crippen LogP contribution in [0.25, 0.3) is 32.3 Å². The lowest BCUT2D eigenvalue weighted by Gasteiger charge is -2.10. The molecule has 0 spiro atoms. The van der Waals surface area contributed by atoms with Crippen molar-refractivity contribution >= 4 is 22.1 Å². The van der Waals surface area contributed by atoms with E-state index < -0.39 is 0 Å². The van der Waals surface area contributed by atoms with Crippen molar-refractivity contribution in [3.63, 3.8) is 0 Å². The quantitative estimate of drug-likeness (QED) is 0.409. The number of benzene rings is 3. The molecule has 0 saturated heterocycles. The van der Waals surface area contributed by atoms with Crippen LogP contribution in [0.1, 0.15) is 0 Å². The van der Waals surface area contributed by atoms with Crippen molar-refractivity contribution in [3.05, 3.63) is 84.2 Å². The summed E-state index contributed by atoms with van der Waals surface area (Å²) in [5, 5.41) is 4.73. The van der Waals surface area contributed by atoms with Crippen molar-refractivity contribution in [2.45, 2.75) is 0 Å². The summed E-state index contributed by atoms with van der Waals surface area (Å²) in [4.78, 5) is 1.32. The van der Waals surface area contributed by atoms with Gasteiger partial charge in [-0.05, 0) is 51.0 Å². The Hall–Kier alpha value is -2.38. The lowest BCUT2D eigenvalue weighted by Crippen LogP contribution is -1.83. The van der Waals surface area contributed by atoms with Gasteiger partial charge in [-0.15, -0.1) is 11.3 Å². The molecular formula is C20H14S. The van der Waals surface area contributed by atoms with Gasteiger partial charge in [0, 0.05) is 4.88 Å². The van der Waals surface area contributed by atoms with Gasteiger partial charge in [0.2, 0.25) is 0 Å². The topological polar surface area (TPSA) is 0 Å². The summed E-state index contributed by atoms with van der Waals surface area (Å²) in [6, 6.07) is 28.1. The summed E-state index contributed by atoms with van der Waals surface area (Å²) >= 11 is 1.79. The third kappa shape index (κ3) is 2.26. The summed E-state index contributed by atoms with van der Waals surface area (Å²) in [5.74, 6) is 0. The Morgan fingerprint density at radius 1 is 0.619 bits per heavy atom. The molecule has 0 nitrogen and oxygen atoms in total. The molecule has 0 aliphatic heterocycles. The van der Waals surface area contributed by atoms with E-state index in [2.05, 4.69) is 84.2 Å². The number of rotatable bonds is 2. The van der Waals surface area contributed by atoms with Crippen molar-refractivity contribution in [2.24, 2.45) is 0 Å². The molecule has 0 unspecified atom stereocenters. The molecule has 1 heterocycles. The molecule has 3 aromatic carbocycles. The van der Waals surface area contributed by atoms with Crippen LogP contribution in [0.15, 0.2) is 84.2 Å². The third-order valence-electron chi connectivity index (χ3n) is 3.75. The number of hydrogen-bond donors (Lipinski definition) is 0. The minimum atomic E-state index is 1.27. The average Bonchev–Trinajstić information content (AvgIpc) is 3.09. The maximum atomic E-state index is 2.31. The largest absolute Gasteiger partial charge is 0.144 e. The van der Waals surface area contributed by atoms with Crippen LogP contribution in [0.5, 0.6) is 0 Å². The number of thiophene rings is 1. The monoisotopic (exact) mass is 286 g/mol. The average molecular weight is 286 g/mol. The van der Waals surface area contributed by atoms with Crippen molar-refractivity contribution in [1.29, 1.82) is 0 Å². The minimum absolute atomic E-state index is 1.27. The van der Waals surface area contributed by atoms with Gasteiger partial charge in [-0.3, -0.25) is 0 Å². The van der Waals surface area contributed by atoms with Crippen molar-refractivity contribution in [3.8, 4) is 21.6 Å². The van der Waals surface area contributed by atoms with E-state index in [1.165, 1.54) is 32.3 Å². The molecule has 1 aromatic heterocycles. The summed E-state index contributed by atoms with van der Waals surface area (Å²) in [5.41, 5.74) is 3.87. The highest BCUT2D eigenvalue weighted by Crippen LogP contribution is 2.35. The van der Waals surface area contributed by atoms with E-state index >= 15 is 0 Å². The van der Waals surface area contributed by atoms with Gasteiger partial charge in [-0.2, -0.15) is 0 Å². The SMILES string of the molecule is c1ccc(-c2cc(-c3cccs3)cc3ccccc23)cc1. The first kappa shape index (κ1) is 12.4. The summed E-state index contributed by atoms with van der Waals surface area (Å²) < 4.78 is 0. The Labute approximate surface area is 128 Å². The predicted molar refractivity (Wildman–Crippen MR) is 92.7 cm³/mol. The second-order valence-electron chi connectivity index (χ2n) is 5.09. The Kier molecular flexibility index (Phi) is 3.06. The first-order valence-electron chi connectivity index (χ1n) is 7.04. The lowest BCUT2D eigenvalue weighted by atomic mass is 9.95. The van der Waals surface area contributed by atoms with Crippen LogP contribution in [0.2, 0.25) is 0 Å². The van der Waals surface area contributed by atoms with Gasteiger partial charge >= 0.3 is 0 Å². The standard InChI is InChI=1S/C20H14S/c1-2-7-15(8-3-1)19-14-17(20-11-6-12-21-20)13-16-9-4-5-10-18(16)19/h1-14H. The van der Waals surface area contributed by atoms with E-state index in [1.54, 1.807) is 11.3 Å². The minimum Gasteiger partial charge on any atom is -0.144 e. The third-order valence-corrected chi connectivity index (χ3v) is 4.67. The van der Waals surface area contributed by atoms with Crippen molar-refractivity contribution in [2.75, 3.05) is 0 Å². The molecule has 0 aliphatic carbocycles. The molecule has 100 valence electrons. The normalized spacial score (nSPS) is 10.9. The van der Waals surface area contributed by atoms with Gasteiger partial charge < -0.3 is 0 Å². The van der Waals surface area contributed by atoms with E-state index in [4.69, 9.17) is 0 Å². The lowest BCUT2D eigenvalue weighted by molar-refractivity contribution is 1.65. The fourth-order valence-corrected chi connectivity index (χ4v) is 3.47. The molecule has 0 saturated carbocycles. The van der Waals surface area contributed by atoms with Crippen LogP contribution in [-0.2, 0) is 0 Å². The maximum Gasteiger partial charge on any atom is 0.0343 e. The highest BCUT2D eigenvalue weighted by atomic mass is 32.1. The molecule has 0 bridgehead atoms. The molecule has 0 N–H and O–H groups in total. The Morgan fingerprint density at radius 2 is 1.43 bits per heavy atom. The fourth-order valence-electron chi connectivity index (χ4n) is 2.75. The molecule has 0 amide bonds. The molecular weight excluding hydrogens is 272 g/mol. The van der Waals surface area contributed by atoms with E-state index in [9.17, 15) is 0 Å². The fraction of sp³-hybridized carbons (Fsp3) is 0. The Bertz CT molecular complexity index is 874. The zero-order valence-electron chi connectivity index (χ0n) is 11.5. The maximum absolute atomic E-state index is 2.31. The van der Waals surface area contributed by atoms with Crippen LogP contribution in [0.4, 0.5) is 0 Å². The Balaban J connectivity index is 2.04. The molecule has 0 radical (unpaired) electrons. The van der Waals surface area contributed by atoms with Crippen LogP contribution >= 0.6 is 11.3 Å². The molecule has 4 aromatic rings. The van der Waals surface area contributed by atoms with E-state index in [0.717, 1.165) is 0 Å². The molecule has 4 rings (SSSR count). The number of fused-ring (bicyclic) bond motifs is 1. The molecule has 0 fully saturated rings. The highest BCUT2D eigenvalue weighted by molar-refractivity contribution is 7.13. The van der Waals surface area contributed by atoms with Crippen LogP contribution in [0, 0.1) is 0 Å². The summed E-state index contributed by atoms with van der Waals surface area (Å²) in [6.45, 7) is 0. The second kappa shape index (κ2) is 5.19. The highest BCUT2D eigenvalue weighted by Gasteiger charge is 2.08.